The molecule has 2 N–H and O–H groups in total. The zero-order valence-corrected chi connectivity index (χ0v) is 12.4. The molecule has 0 unspecified atom stereocenters. The van der Waals surface area contributed by atoms with Gasteiger partial charge in [-0.25, -0.2) is 9.97 Å². The van der Waals surface area contributed by atoms with Crippen LogP contribution < -0.4 is 15.4 Å². The van der Waals surface area contributed by atoms with Gasteiger partial charge in [-0.2, -0.15) is 0 Å². The van der Waals surface area contributed by atoms with Crippen molar-refractivity contribution in [3.63, 3.8) is 0 Å². The third-order valence-corrected chi connectivity index (χ3v) is 3.10. The van der Waals surface area contributed by atoms with Gasteiger partial charge in [-0.3, -0.25) is 0 Å². The smallest absolute Gasteiger partial charge is 0.135 e. The molecular formula is C13H15BrN4O. The topological polar surface area (TPSA) is 59.1 Å². The summed E-state index contributed by atoms with van der Waals surface area (Å²) in [6.07, 6.45) is 1.52. The van der Waals surface area contributed by atoms with Gasteiger partial charge >= 0.3 is 0 Å². The van der Waals surface area contributed by atoms with E-state index in [4.69, 9.17) is 4.74 Å². The van der Waals surface area contributed by atoms with Crippen molar-refractivity contribution in [3.05, 3.63) is 35.1 Å². The number of methoxy groups -OCH3 is 1. The summed E-state index contributed by atoms with van der Waals surface area (Å²) in [7, 11) is 1.64. The van der Waals surface area contributed by atoms with Crippen molar-refractivity contribution in [2.45, 2.75) is 6.92 Å². The van der Waals surface area contributed by atoms with E-state index in [1.54, 1.807) is 7.11 Å². The van der Waals surface area contributed by atoms with Crippen molar-refractivity contribution in [1.29, 1.82) is 0 Å². The van der Waals surface area contributed by atoms with Crippen molar-refractivity contribution in [2.75, 3.05) is 24.3 Å². The van der Waals surface area contributed by atoms with Gasteiger partial charge in [-0.1, -0.05) is 0 Å². The van der Waals surface area contributed by atoms with Crippen LogP contribution in [0, 0.1) is 0 Å². The van der Waals surface area contributed by atoms with Crippen LogP contribution >= 0.6 is 15.9 Å². The molecule has 5 nitrogen and oxygen atoms in total. The average Bonchev–Trinajstić information content (AvgIpc) is 2.42. The molecule has 0 amide bonds. The maximum absolute atomic E-state index is 5.25. The Morgan fingerprint density at radius 3 is 2.74 bits per heavy atom. The number of anilines is 3. The van der Waals surface area contributed by atoms with Gasteiger partial charge in [-0.05, 0) is 35.0 Å². The lowest BCUT2D eigenvalue weighted by Crippen LogP contribution is -2.01. The van der Waals surface area contributed by atoms with Crippen molar-refractivity contribution >= 4 is 33.3 Å². The Kier molecular flexibility index (Phi) is 4.57. The van der Waals surface area contributed by atoms with Gasteiger partial charge in [-0.15, -0.1) is 0 Å². The molecule has 0 fully saturated rings. The number of benzene rings is 1. The second-order valence-electron chi connectivity index (χ2n) is 3.79. The van der Waals surface area contributed by atoms with Crippen LogP contribution in [0.5, 0.6) is 5.75 Å². The molecule has 1 heterocycles. The molecule has 2 aromatic rings. The molecule has 0 radical (unpaired) electrons. The molecule has 2 rings (SSSR count). The Bertz CT molecular complexity index is 562. The normalized spacial score (nSPS) is 10.1. The molecule has 0 spiro atoms. The van der Waals surface area contributed by atoms with Gasteiger partial charge in [0.1, 0.15) is 23.7 Å². The highest BCUT2D eigenvalue weighted by Crippen LogP contribution is 2.29. The van der Waals surface area contributed by atoms with Gasteiger partial charge in [0, 0.05) is 24.4 Å². The first-order valence-electron chi connectivity index (χ1n) is 5.89. The summed E-state index contributed by atoms with van der Waals surface area (Å²) >= 11 is 3.42. The highest BCUT2D eigenvalue weighted by Gasteiger charge is 2.03. The number of ether oxygens (including phenoxy) is 1. The first-order chi connectivity index (χ1) is 9.22. The number of halogens is 1. The van der Waals surface area contributed by atoms with Crippen LogP contribution in [0.15, 0.2) is 35.1 Å². The van der Waals surface area contributed by atoms with Gasteiger partial charge in [0.05, 0.1) is 11.6 Å². The largest absolute Gasteiger partial charge is 0.495 e. The highest BCUT2D eigenvalue weighted by atomic mass is 79.9. The van der Waals surface area contributed by atoms with Crippen LogP contribution in [0.4, 0.5) is 17.3 Å². The van der Waals surface area contributed by atoms with E-state index >= 15 is 0 Å². The van der Waals surface area contributed by atoms with Crippen LogP contribution in [0.2, 0.25) is 0 Å². The van der Waals surface area contributed by atoms with Crippen LogP contribution in [0.3, 0.4) is 0 Å². The predicted octanol–water partition coefficient (Wildman–Crippen LogP) is 3.42. The van der Waals surface area contributed by atoms with E-state index in [0.717, 1.165) is 34.1 Å². The number of hydrogen-bond acceptors (Lipinski definition) is 5. The quantitative estimate of drug-likeness (QED) is 0.883. The van der Waals surface area contributed by atoms with Crippen molar-refractivity contribution in [3.8, 4) is 5.75 Å². The lowest BCUT2D eigenvalue weighted by molar-refractivity contribution is 0.412. The average molecular weight is 323 g/mol. The summed E-state index contributed by atoms with van der Waals surface area (Å²) in [6, 6.07) is 7.63. The Balaban J connectivity index is 2.18. The standard InChI is InChI=1S/C13H15BrN4O/c1-3-15-12-7-13(17-8-16-12)18-9-4-5-10(14)11(6-9)19-2/h4-8H,3H2,1-2H3,(H2,15,16,17,18). The number of nitrogens with zero attached hydrogens (tertiary/aromatic N) is 2. The van der Waals surface area contributed by atoms with E-state index in [1.807, 2.05) is 31.2 Å². The van der Waals surface area contributed by atoms with E-state index in [1.165, 1.54) is 6.33 Å². The Morgan fingerprint density at radius 1 is 1.21 bits per heavy atom. The minimum Gasteiger partial charge on any atom is -0.495 e. The first-order valence-corrected chi connectivity index (χ1v) is 6.68. The molecule has 0 bridgehead atoms. The molecular weight excluding hydrogens is 308 g/mol. The number of nitrogens with one attached hydrogen (secondary N) is 2. The van der Waals surface area contributed by atoms with E-state index in [-0.39, 0.29) is 0 Å². The summed E-state index contributed by atoms with van der Waals surface area (Å²) in [5, 5.41) is 6.35. The number of rotatable bonds is 5. The van der Waals surface area contributed by atoms with Crippen molar-refractivity contribution in [2.24, 2.45) is 0 Å². The SMILES string of the molecule is CCNc1cc(Nc2ccc(Br)c(OC)c2)ncn1. The summed E-state index contributed by atoms with van der Waals surface area (Å²) in [4.78, 5) is 8.30. The maximum atomic E-state index is 5.25. The van der Waals surface area contributed by atoms with Gasteiger partial charge in [0.15, 0.2) is 0 Å². The molecule has 0 aliphatic heterocycles. The second kappa shape index (κ2) is 6.38. The third-order valence-electron chi connectivity index (χ3n) is 2.45. The van der Waals surface area contributed by atoms with Crippen LogP contribution in [0.25, 0.3) is 0 Å². The molecule has 1 aromatic heterocycles. The molecule has 0 saturated carbocycles. The summed E-state index contributed by atoms with van der Waals surface area (Å²) in [5.41, 5.74) is 0.904. The van der Waals surface area contributed by atoms with Crippen LogP contribution in [-0.2, 0) is 0 Å². The zero-order chi connectivity index (χ0) is 13.7. The van der Waals surface area contributed by atoms with E-state index in [9.17, 15) is 0 Å². The molecule has 6 heteroatoms. The molecule has 1 aromatic carbocycles. The Morgan fingerprint density at radius 2 is 2.00 bits per heavy atom. The maximum Gasteiger partial charge on any atom is 0.135 e. The fraction of sp³-hybridized carbons (Fsp3) is 0.231. The van der Waals surface area contributed by atoms with Crippen LogP contribution in [0.1, 0.15) is 6.92 Å². The minimum absolute atomic E-state index is 0.732. The van der Waals surface area contributed by atoms with Crippen molar-refractivity contribution < 1.29 is 4.74 Å². The second-order valence-corrected chi connectivity index (χ2v) is 4.65. The predicted molar refractivity (Wildman–Crippen MR) is 80.2 cm³/mol. The monoisotopic (exact) mass is 322 g/mol. The Hall–Kier alpha value is -1.82. The molecule has 0 aliphatic rings. The highest BCUT2D eigenvalue weighted by molar-refractivity contribution is 9.10. The molecule has 19 heavy (non-hydrogen) atoms. The lowest BCUT2D eigenvalue weighted by Gasteiger charge is -2.09. The minimum atomic E-state index is 0.732. The first kappa shape index (κ1) is 13.6. The number of aromatic nitrogens is 2. The van der Waals surface area contributed by atoms with E-state index in [2.05, 4.69) is 36.5 Å². The zero-order valence-electron chi connectivity index (χ0n) is 10.8. The third kappa shape index (κ3) is 3.57. The van der Waals surface area contributed by atoms with Gasteiger partial charge < -0.3 is 15.4 Å². The number of hydrogen-bond donors (Lipinski definition) is 2. The molecule has 100 valence electrons. The molecule has 0 saturated heterocycles. The van der Waals surface area contributed by atoms with E-state index < -0.39 is 0 Å². The fourth-order valence-corrected chi connectivity index (χ4v) is 2.00. The van der Waals surface area contributed by atoms with E-state index in [0.29, 0.717) is 0 Å². The van der Waals surface area contributed by atoms with Gasteiger partial charge in [0.25, 0.3) is 0 Å². The molecule has 0 atom stereocenters. The fourth-order valence-electron chi connectivity index (χ4n) is 1.59. The van der Waals surface area contributed by atoms with Crippen molar-refractivity contribution in [1.82, 2.24) is 9.97 Å². The summed E-state index contributed by atoms with van der Waals surface area (Å²) in [5.74, 6) is 2.30. The lowest BCUT2D eigenvalue weighted by atomic mass is 10.3. The summed E-state index contributed by atoms with van der Waals surface area (Å²) < 4.78 is 6.17. The summed E-state index contributed by atoms with van der Waals surface area (Å²) in [6.45, 7) is 2.84. The van der Waals surface area contributed by atoms with Crippen LogP contribution in [-0.4, -0.2) is 23.6 Å². The van der Waals surface area contributed by atoms with Gasteiger partial charge in [0.2, 0.25) is 0 Å². The Labute approximate surface area is 120 Å². The molecule has 0 aliphatic carbocycles.